The standard InChI is InChI=1S/C13H7Cl2NO5/c14-7-1-3-12(10(15)5-7)21-11-4-2-8(16(19)20)6-9(11)13(17)18/h1-6H,(H,17,18). The maximum Gasteiger partial charge on any atom is 0.339 e. The van der Waals surface area contributed by atoms with Crippen molar-refractivity contribution in [3.8, 4) is 11.5 Å². The molecule has 0 spiro atoms. The van der Waals surface area contributed by atoms with Gasteiger partial charge in [0.15, 0.2) is 0 Å². The molecule has 0 fully saturated rings. The van der Waals surface area contributed by atoms with E-state index in [4.69, 9.17) is 33.0 Å². The van der Waals surface area contributed by atoms with Crippen LogP contribution in [0.3, 0.4) is 0 Å². The summed E-state index contributed by atoms with van der Waals surface area (Å²) in [7, 11) is 0. The minimum atomic E-state index is -1.35. The highest BCUT2D eigenvalue weighted by Gasteiger charge is 2.18. The van der Waals surface area contributed by atoms with Gasteiger partial charge in [-0.2, -0.15) is 0 Å². The fraction of sp³-hybridized carbons (Fsp3) is 0. The van der Waals surface area contributed by atoms with Crippen LogP contribution in [0.1, 0.15) is 10.4 Å². The van der Waals surface area contributed by atoms with Crippen molar-refractivity contribution < 1.29 is 19.6 Å². The predicted octanol–water partition coefficient (Wildman–Crippen LogP) is 4.39. The lowest BCUT2D eigenvalue weighted by molar-refractivity contribution is -0.384. The van der Waals surface area contributed by atoms with Gasteiger partial charge in [0.25, 0.3) is 5.69 Å². The van der Waals surface area contributed by atoms with Gasteiger partial charge in [-0.05, 0) is 24.3 Å². The van der Waals surface area contributed by atoms with Crippen molar-refractivity contribution >= 4 is 34.9 Å². The molecular formula is C13H7Cl2NO5. The van der Waals surface area contributed by atoms with Crippen LogP contribution in [-0.2, 0) is 0 Å². The molecular weight excluding hydrogens is 321 g/mol. The van der Waals surface area contributed by atoms with E-state index < -0.39 is 10.9 Å². The SMILES string of the molecule is O=C(O)c1cc([N+](=O)[O-])ccc1Oc1ccc(Cl)cc1Cl. The number of nitro groups is 1. The van der Waals surface area contributed by atoms with Crippen LogP contribution >= 0.6 is 23.2 Å². The Bertz CT molecular complexity index is 732. The molecule has 0 unspecified atom stereocenters. The first-order valence-electron chi connectivity index (χ1n) is 5.53. The number of hydrogen-bond donors (Lipinski definition) is 1. The van der Waals surface area contributed by atoms with Crippen molar-refractivity contribution in [3.63, 3.8) is 0 Å². The molecule has 108 valence electrons. The maximum absolute atomic E-state index is 11.2. The zero-order chi connectivity index (χ0) is 15.6. The number of benzene rings is 2. The smallest absolute Gasteiger partial charge is 0.339 e. The van der Waals surface area contributed by atoms with Gasteiger partial charge < -0.3 is 9.84 Å². The summed E-state index contributed by atoms with van der Waals surface area (Å²) < 4.78 is 5.40. The molecule has 1 N–H and O–H groups in total. The molecule has 2 aromatic carbocycles. The Kier molecular flexibility index (Phi) is 4.30. The molecule has 6 nitrogen and oxygen atoms in total. The first-order chi connectivity index (χ1) is 9.88. The lowest BCUT2D eigenvalue weighted by atomic mass is 10.2. The van der Waals surface area contributed by atoms with Crippen LogP contribution < -0.4 is 4.74 Å². The summed E-state index contributed by atoms with van der Waals surface area (Å²) in [5.74, 6) is -1.21. The summed E-state index contributed by atoms with van der Waals surface area (Å²) in [6.45, 7) is 0. The summed E-state index contributed by atoms with van der Waals surface area (Å²) >= 11 is 11.7. The van der Waals surface area contributed by atoms with Crippen LogP contribution in [0, 0.1) is 10.1 Å². The Hall–Kier alpha value is -2.31. The second-order valence-corrected chi connectivity index (χ2v) is 4.76. The Morgan fingerprint density at radius 1 is 1.14 bits per heavy atom. The molecule has 2 rings (SSSR count). The van der Waals surface area contributed by atoms with Gasteiger partial charge in [0, 0.05) is 17.2 Å². The number of nitrogens with zero attached hydrogens (tertiary/aromatic N) is 1. The number of nitro benzene ring substituents is 1. The van der Waals surface area contributed by atoms with E-state index in [2.05, 4.69) is 0 Å². The number of carboxylic acid groups (broad SMARTS) is 1. The van der Waals surface area contributed by atoms with Crippen LogP contribution in [0.4, 0.5) is 5.69 Å². The second kappa shape index (κ2) is 5.99. The summed E-state index contributed by atoms with van der Waals surface area (Å²) in [4.78, 5) is 21.2. The Labute approximate surface area is 128 Å². The Morgan fingerprint density at radius 3 is 2.38 bits per heavy atom. The minimum absolute atomic E-state index is 0.0580. The molecule has 2 aromatic rings. The van der Waals surface area contributed by atoms with E-state index in [0.29, 0.717) is 5.02 Å². The third-order valence-corrected chi connectivity index (χ3v) is 3.05. The highest BCUT2D eigenvalue weighted by molar-refractivity contribution is 6.35. The van der Waals surface area contributed by atoms with E-state index in [1.54, 1.807) is 0 Å². The third-order valence-electron chi connectivity index (χ3n) is 2.52. The van der Waals surface area contributed by atoms with Crippen molar-refractivity contribution in [2.45, 2.75) is 0 Å². The zero-order valence-electron chi connectivity index (χ0n) is 10.2. The predicted molar refractivity (Wildman–Crippen MR) is 76.6 cm³/mol. The summed E-state index contributed by atoms with van der Waals surface area (Å²) in [5, 5.41) is 20.4. The quantitative estimate of drug-likeness (QED) is 0.664. The maximum atomic E-state index is 11.2. The normalized spacial score (nSPS) is 10.2. The van der Waals surface area contributed by atoms with E-state index in [9.17, 15) is 14.9 Å². The minimum Gasteiger partial charge on any atom is -0.478 e. The van der Waals surface area contributed by atoms with Gasteiger partial charge in [-0.3, -0.25) is 10.1 Å². The number of carbonyl (C=O) groups is 1. The average molecular weight is 328 g/mol. The largest absolute Gasteiger partial charge is 0.478 e. The molecule has 0 atom stereocenters. The number of halogens is 2. The molecule has 0 aliphatic heterocycles. The van der Waals surface area contributed by atoms with Gasteiger partial charge in [0.1, 0.15) is 17.1 Å². The van der Waals surface area contributed by atoms with E-state index in [1.807, 2.05) is 0 Å². The highest BCUT2D eigenvalue weighted by Crippen LogP contribution is 2.34. The lowest BCUT2D eigenvalue weighted by Crippen LogP contribution is -2.01. The molecule has 0 radical (unpaired) electrons. The summed E-state index contributed by atoms with van der Waals surface area (Å²) in [6, 6.07) is 7.69. The first kappa shape index (κ1) is 15.1. The molecule has 0 bridgehead atoms. The van der Waals surface area contributed by atoms with Gasteiger partial charge in [-0.25, -0.2) is 4.79 Å². The number of carboxylic acids is 1. The molecule has 0 heterocycles. The van der Waals surface area contributed by atoms with E-state index >= 15 is 0 Å². The topological polar surface area (TPSA) is 89.7 Å². The highest BCUT2D eigenvalue weighted by atomic mass is 35.5. The van der Waals surface area contributed by atoms with Crippen LogP contribution in [-0.4, -0.2) is 16.0 Å². The van der Waals surface area contributed by atoms with Crippen molar-refractivity contribution in [2.24, 2.45) is 0 Å². The monoisotopic (exact) mass is 327 g/mol. The number of hydrogen-bond acceptors (Lipinski definition) is 4. The first-order valence-corrected chi connectivity index (χ1v) is 6.28. The number of aromatic carboxylic acids is 1. The summed E-state index contributed by atoms with van der Waals surface area (Å²) in [5.41, 5.74) is -0.683. The molecule has 8 heteroatoms. The van der Waals surface area contributed by atoms with E-state index in [1.165, 1.54) is 24.3 Å². The molecule has 0 saturated heterocycles. The van der Waals surface area contributed by atoms with E-state index in [0.717, 1.165) is 12.1 Å². The van der Waals surface area contributed by atoms with Crippen LogP contribution in [0.15, 0.2) is 36.4 Å². The van der Waals surface area contributed by atoms with Crippen molar-refractivity contribution in [1.29, 1.82) is 0 Å². The zero-order valence-corrected chi connectivity index (χ0v) is 11.8. The van der Waals surface area contributed by atoms with Gasteiger partial charge in [0.2, 0.25) is 0 Å². The van der Waals surface area contributed by atoms with Crippen molar-refractivity contribution in [1.82, 2.24) is 0 Å². The van der Waals surface area contributed by atoms with Crippen LogP contribution in [0.2, 0.25) is 10.0 Å². The van der Waals surface area contributed by atoms with Crippen LogP contribution in [0.25, 0.3) is 0 Å². The number of rotatable bonds is 4. The van der Waals surface area contributed by atoms with Gasteiger partial charge in [0.05, 0.1) is 9.95 Å². The van der Waals surface area contributed by atoms with Gasteiger partial charge in [-0.15, -0.1) is 0 Å². The third kappa shape index (κ3) is 3.42. The molecule has 0 aromatic heterocycles. The van der Waals surface area contributed by atoms with E-state index in [-0.39, 0.29) is 27.8 Å². The van der Waals surface area contributed by atoms with Gasteiger partial charge in [-0.1, -0.05) is 23.2 Å². The Morgan fingerprint density at radius 2 is 1.81 bits per heavy atom. The van der Waals surface area contributed by atoms with Gasteiger partial charge >= 0.3 is 5.97 Å². The molecule has 21 heavy (non-hydrogen) atoms. The fourth-order valence-electron chi connectivity index (χ4n) is 1.56. The number of non-ortho nitro benzene ring substituents is 1. The fourth-order valence-corrected chi connectivity index (χ4v) is 2.01. The molecule has 0 amide bonds. The van der Waals surface area contributed by atoms with Crippen molar-refractivity contribution in [2.75, 3.05) is 0 Å². The van der Waals surface area contributed by atoms with Crippen molar-refractivity contribution in [3.05, 3.63) is 62.1 Å². The molecule has 0 aliphatic rings. The average Bonchev–Trinajstić information content (AvgIpc) is 2.41. The number of ether oxygens (including phenoxy) is 1. The molecule has 0 aliphatic carbocycles. The van der Waals surface area contributed by atoms with Crippen LogP contribution in [0.5, 0.6) is 11.5 Å². The molecule has 0 saturated carbocycles. The second-order valence-electron chi connectivity index (χ2n) is 3.92. The lowest BCUT2D eigenvalue weighted by Gasteiger charge is -2.10. The summed E-state index contributed by atoms with van der Waals surface area (Å²) in [6.07, 6.45) is 0. The Balaban J connectivity index is 2.44.